The Kier molecular flexibility index (Phi) is 1.91. The molecule has 0 aliphatic heterocycles. The SMILES string of the molecule is Cc1cc(C2CC2C(=O)O)c(C)s1. The lowest BCUT2D eigenvalue weighted by atomic mass is 10.1. The molecular weight excluding hydrogens is 184 g/mol. The number of carbonyl (C=O) groups is 1. The second-order valence-corrected chi connectivity index (χ2v) is 5.12. The molecule has 1 aliphatic rings. The highest BCUT2D eigenvalue weighted by atomic mass is 32.1. The molecular formula is C10H12O2S. The third-order valence-corrected chi connectivity index (χ3v) is 3.57. The Labute approximate surface area is 81.2 Å². The fraction of sp³-hybridized carbons (Fsp3) is 0.500. The van der Waals surface area contributed by atoms with Crippen molar-refractivity contribution in [1.29, 1.82) is 0 Å². The molecule has 1 aromatic heterocycles. The molecule has 2 atom stereocenters. The quantitative estimate of drug-likeness (QED) is 0.789. The fourth-order valence-electron chi connectivity index (χ4n) is 1.83. The maximum Gasteiger partial charge on any atom is 0.307 e. The highest BCUT2D eigenvalue weighted by Gasteiger charge is 2.45. The molecule has 1 fully saturated rings. The van der Waals surface area contributed by atoms with E-state index in [1.807, 2.05) is 0 Å². The maximum absolute atomic E-state index is 10.7. The number of hydrogen-bond donors (Lipinski definition) is 1. The molecule has 0 saturated heterocycles. The summed E-state index contributed by atoms with van der Waals surface area (Å²) in [5.74, 6) is -0.469. The zero-order valence-corrected chi connectivity index (χ0v) is 8.52. The smallest absolute Gasteiger partial charge is 0.307 e. The van der Waals surface area contributed by atoms with Gasteiger partial charge in [0.05, 0.1) is 5.92 Å². The van der Waals surface area contributed by atoms with Crippen molar-refractivity contribution >= 4 is 17.3 Å². The molecule has 0 bridgehead atoms. The topological polar surface area (TPSA) is 37.3 Å². The number of thiophene rings is 1. The minimum absolute atomic E-state index is 0.118. The summed E-state index contributed by atoms with van der Waals surface area (Å²) < 4.78 is 0. The first-order valence-corrected chi connectivity index (χ1v) is 5.21. The number of aryl methyl sites for hydroxylation is 2. The van der Waals surface area contributed by atoms with Crippen molar-refractivity contribution in [1.82, 2.24) is 0 Å². The van der Waals surface area contributed by atoms with Crippen molar-refractivity contribution in [3.63, 3.8) is 0 Å². The van der Waals surface area contributed by atoms with Crippen LogP contribution < -0.4 is 0 Å². The van der Waals surface area contributed by atoms with Gasteiger partial charge in [-0.1, -0.05) is 0 Å². The standard InChI is InChI=1S/C10H12O2S/c1-5-3-7(6(2)13-5)8-4-9(8)10(11)12/h3,8-9H,4H2,1-2H3,(H,11,12). The van der Waals surface area contributed by atoms with Crippen LogP contribution in [0.4, 0.5) is 0 Å². The van der Waals surface area contributed by atoms with Gasteiger partial charge in [0, 0.05) is 9.75 Å². The van der Waals surface area contributed by atoms with Gasteiger partial charge in [-0.3, -0.25) is 4.79 Å². The molecule has 2 unspecified atom stereocenters. The molecule has 0 spiro atoms. The molecule has 0 radical (unpaired) electrons. The van der Waals surface area contributed by atoms with Crippen molar-refractivity contribution in [3.8, 4) is 0 Å². The Morgan fingerprint density at radius 1 is 1.62 bits per heavy atom. The van der Waals surface area contributed by atoms with Crippen LogP contribution in [0.1, 0.15) is 27.7 Å². The molecule has 70 valence electrons. The van der Waals surface area contributed by atoms with E-state index in [-0.39, 0.29) is 5.92 Å². The van der Waals surface area contributed by atoms with Crippen LogP contribution in [0.15, 0.2) is 6.07 Å². The molecule has 1 saturated carbocycles. The van der Waals surface area contributed by atoms with Crippen molar-refractivity contribution in [2.45, 2.75) is 26.2 Å². The van der Waals surface area contributed by atoms with Crippen molar-refractivity contribution < 1.29 is 9.90 Å². The van der Waals surface area contributed by atoms with E-state index in [1.54, 1.807) is 11.3 Å². The zero-order valence-electron chi connectivity index (χ0n) is 7.70. The van der Waals surface area contributed by atoms with Gasteiger partial charge < -0.3 is 5.11 Å². The summed E-state index contributed by atoms with van der Waals surface area (Å²) in [6, 6.07) is 2.13. The van der Waals surface area contributed by atoms with E-state index in [4.69, 9.17) is 5.11 Å². The van der Waals surface area contributed by atoms with Crippen LogP contribution in [0.2, 0.25) is 0 Å². The van der Waals surface area contributed by atoms with Gasteiger partial charge in [-0.2, -0.15) is 0 Å². The molecule has 13 heavy (non-hydrogen) atoms. The van der Waals surface area contributed by atoms with Gasteiger partial charge in [0.1, 0.15) is 0 Å². The van der Waals surface area contributed by atoms with E-state index in [2.05, 4.69) is 19.9 Å². The summed E-state index contributed by atoms with van der Waals surface area (Å²) in [6.07, 6.45) is 0.826. The Bertz CT molecular complexity index is 354. The van der Waals surface area contributed by atoms with Gasteiger partial charge in [-0.25, -0.2) is 0 Å². The minimum atomic E-state index is -0.645. The number of carboxylic acids is 1. The lowest BCUT2D eigenvalue weighted by Crippen LogP contribution is -1.98. The van der Waals surface area contributed by atoms with E-state index in [9.17, 15) is 4.79 Å². The molecule has 2 rings (SSSR count). The van der Waals surface area contributed by atoms with E-state index in [1.165, 1.54) is 15.3 Å². The molecule has 0 aromatic carbocycles. The molecule has 1 heterocycles. The zero-order chi connectivity index (χ0) is 9.59. The summed E-state index contributed by atoms with van der Waals surface area (Å²) in [7, 11) is 0. The van der Waals surface area contributed by atoms with E-state index in [0.29, 0.717) is 5.92 Å². The van der Waals surface area contributed by atoms with Crippen LogP contribution in [0.25, 0.3) is 0 Å². The van der Waals surface area contributed by atoms with E-state index < -0.39 is 5.97 Å². The number of rotatable bonds is 2. The summed E-state index contributed by atoms with van der Waals surface area (Å²) in [5, 5.41) is 8.79. The maximum atomic E-state index is 10.7. The molecule has 2 nitrogen and oxygen atoms in total. The van der Waals surface area contributed by atoms with Crippen LogP contribution >= 0.6 is 11.3 Å². The van der Waals surface area contributed by atoms with Crippen LogP contribution in [0.5, 0.6) is 0 Å². The number of aliphatic carboxylic acids is 1. The summed E-state index contributed by atoms with van der Waals surface area (Å²) in [4.78, 5) is 13.2. The van der Waals surface area contributed by atoms with Gasteiger partial charge in [-0.05, 0) is 37.8 Å². The van der Waals surface area contributed by atoms with Gasteiger partial charge in [0.2, 0.25) is 0 Å². The van der Waals surface area contributed by atoms with Crippen LogP contribution in [-0.4, -0.2) is 11.1 Å². The third-order valence-electron chi connectivity index (χ3n) is 2.59. The van der Waals surface area contributed by atoms with Crippen molar-refractivity contribution in [2.24, 2.45) is 5.92 Å². The van der Waals surface area contributed by atoms with Gasteiger partial charge in [-0.15, -0.1) is 11.3 Å². The Hall–Kier alpha value is -0.830. The van der Waals surface area contributed by atoms with E-state index >= 15 is 0 Å². The molecule has 1 N–H and O–H groups in total. The monoisotopic (exact) mass is 196 g/mol. The minimum Gasteiger partial charge on any atom is -0.481 e. The highest BCUT2D eigenvalue weighted by Crippen LogP contribution is 2.50. The number of hydrogen-bond acceptors (Lipinski definition) is 2. The lowest BCUT2D eigenvalue weighted by molar-refractivity contribution is -0.138. The normalized spacial score (nSPS) is 26.0. The second kappa shape index (κ2) is 2.84. The largest absolute Gasteiger partial charge is 0.481 e. The van der Waals surface area contributed by atoms with E-state index in [0.717, 1.165) is 6.42 Å². The molecule has 3 heteroatoms. The summed E-state index contributed by atoms with van der Waals surface area (Å²) >= 11 is 1.76. The van der Waals surface area contributed by atoms with Crippen molar-refractivity contribution in [3.05, 3.63) is 21.4 Å². The van der Waals surface area contributed by atoms with Crippen LogP contribution in [0, 0.1) is 19.8 Å². The average Bonchev–Trinajstić information content (AvgIpc) is 2.73. The average molecular weight is 196 g/mol. The Morgan fingerprint density at radius 3 is 2.69 bits per heavy atom. The molecule has 0 amide bonds. The summed E-state index contributed by atoms with van der Waals surface area (Å²) in [5.41, 5.74) is 1.26. The van der Waals surface area contributed by atoms with Gasteiger partial charge in [0.25, 0.3) is 0 Å². The summed E-state index contributed by atoms with van der Waals surface area (Å²) in [6.45, 7) is 4.14. The third kappa shape index (κ3) is 1.48. The molecule has 1 aromatic rings. The predicted octanol–water partition coefficient (Wildman–Crippen LogP) is 2.55. The van der Waals surface area contributed by atoms with Gasteiger partial charge >= 0.3 is 5.97 Å². The second-order valence-electron chi connectivity index (χ2n) is 3.66. The van der Waals surface area contributed by atoms with Crippen LogP contribution in [0.3, 0.4) is 0 Å². The molecule has 1 aliphatic carbocycles. The lowest BCUT2D eigenvalue weighted by Gasteiger charge is -1.94. The first-order valence-electron chi connectivity index (χ1n) is 4.39. The van der Waals surface area contributed by atoms with Crippen molar-refractivity contribution in [2.75, 3.05) is 0 Å². The fourth-order valence-corrected chi connectivity index (χ4v) is 2.83. The first kappa shape index (κ1) is 8.75. The van der Waals surface area contributed by atoms with Gasteiger partial charge in [0.15, 0.2) is 0 Å². The highest BCUT2D eigenvalue weighted by molar-refractivity contribution is 7.12. The number of carboxylic acid groups (broad SMARTS) is 1. The van der Waals surface area contributed by atoms with Crippen LogP contribution in [-0.2, 0) is 4.79 Å². The Balaban J connectivity index is 2.20. The Morgan fingerprint density at radius 2 is 2.31 bits per heavy atom. The first-order chi connectivity index (χ1) is 6.09. The predicted molar refractivity (Wildman–Crippen MR) is 52.3 cm³/mol.